The maximum Gasteiger partial charge on any atom is 0.225 e. The standard InChI is InChI=1S/C16H22N6/c1-11-9-17-16(18-10-11)22-7-5-21(6-8-22)15-12(2)13(3)19-14(4)20-15/h9-10H,5-8H2,1-4H3. The largest absolute Gasteiger partial charge is 0.353 e. The zero-order chi connectivity index (χ0) is 15.7. The van der Waals surface area contributed by atoms with Gasteiger partial charge in [0.25, 0.3) is 0 Å². The van der Waals surface area contributed by atoms with Crippen LogP contribution in [-0.2, 0) is 0 Å². The summed E-state index contributed by atoms with van der Waals surface area (Å²) in [6, 6.07) is 0. The number of hydrogen-bond acceptors (Lipinski definition) is 6. The molecule has 1 aliphatic rings. The zero-order valence-corrected chi connectivity index (χ0v) is 13.7. The monoisotopic (exact) mass is 298 g/mol. The summed E-state index contributed by atoms with van der Waals surface area (Å²) >= 11 is 0. The molecule has 0 saturated carbocycles. The molecule has 0 unspecified atom stereocenters. The highest BCUT2D eigenvalue weighted by molar-refractivity contribution is 5.50. The average Bonchev–Trinajstić information content (AvgIpc) is 2.52. The quantitative estimate of drug-likeness (QED) is 0.843. The van der Waals surface area contributed by atoms with Crippen molar-refractivity contribution in [3.63, 3.8) is 0 Å². The van der Waals surface area contributed by atoms with Crippen molar-refractivity contribution >= 4 is 11.8 Å². The molecule has 1 aliphatic heterocycles. The van der Waals surface area contributed by atoms with Crippen molar-refractivity contribution in [2.45, 2.75) is 27.7 Å². The predicted molar refractivity (Wildman–Crippen MR) is 87.4 cm³/mol. The van der Waals surface area contributed by atoms with Crippen LogP contribution in [0.25, 0.3) is 0 Å². The molecule has 0 spiro atoms. The molecule has 0 N–H and O–H groups in total. The third-order valence-electron chi connectivity index (χ3n) is 4.10. The van der Waals surface area contributed by atoms with Crippen LogP contribution >= 0.6 is 0 Å². The molecule has 6 nitrogen and oxygen atoms in total. The Bertz CT molecular complexity index is 659. The van der Waals surface area contributed by atoms with E-state index >= 15 is 0 Å². The number of nitrogens with zero attached hydrogens (tertiary/aromatic N) is 6. The summed E-state index contributed by atoms with van der Waals surface area (Å²) < 4.78 is 0. The van der Waals surface area contributed by atoms with E-state index in [0.717, 1.165) is 55.0 Å². The lowest BCUT2D eigenvalue weighted by atomic mass is 10.2. The lowest BCUT2D eigenvalue weighted by Gasteiger charge is -2.36. The molecule has 6 heteroatoms. The number of aryl methyl sites for hydroxylation is 3. The Morgan fingerprint density at radius 1 is 0.818 bits per heavy atom. The van der Waals surface area contributed by atoms with Gasteiger partial charge in [-0.2, -0.15) is 0 Å². The van der Waals surface area contributed by atoms with Gasteiger partial charge in [0.2, 0.25) is 5.95 Å². The summed E-state index contributed by atoms with van der Waals surface area (Å²) in [5.41, 5.74) is 3.32. The Labute approximate surface area is 131 Å². The lowest BCUT2D eigenvalue weighted by Crippen LogP contribution is -2.47. The SMILES string of the molecule is Cc1cnc(N2CCN(c3nc(C)nc(C)c3C)CC2)nc1. The van der Waals surface area contributed by atoms with Crippen molar-refractivity contribution in [2.75, 3.05) is 36.0 Å². The summed E-state index contributed by atoms with van der Waals surface area (Å²) in [4.78, 5) is 22.5. The van der Waals surface area contributed by atoms with E-state index in [1.165, 1.54) is 5.56 Å². The average molecular weight is 298 g/mol. The van der Waals surface area contributed by atoms with Gasteiger partial charge in [0, 0.05) is 49.8 Å². The third-order valence-corrected chi connectivity index (χ3v) is 4.10. The first-order valence-corrected chi connectivity index (χ1v) is 7.65. The number of anilines is 2. The van der Waals surface area contributed by atoms with Crippen LogP contribution in [0.15, 0.2) is 12.4 Å². The minimum atomic E-state index is 0.817. The smallest absolute Gasteiger partial charge is 0.225 e. The molecule has 1 fully saturated rings. The van der Waals surface area contributed by atoms with Crippen molar-refractivity contribution in [1.29, 1.82) is 0 Å². The molecule has 0 aliphatic carbocycles. The molecule has 1 saturated heterocycles. The maximum atomic E-state index is 4.63. The van der Waals surface area contributed by atoms with Crippen molar-refractivity contribution in [3.05, 3.63) is 35.0 Å². The topological polar surface area (TPSA) is 58.0 Å². The molecule has 0 atom stereocenters. The van der Waals surface area contributed by atoms with Crippen LogP contribution < -0.4 is 9.80 Å². The van der Waals surface area contributed by atoms with Crippen molar-refractivity contribution in [2.24, 2.45) is 0 Å². The van der Waals surface area contributed by atoms with Crippen molar-refractivity contribution in [1.82, 2.24) is 19.9 Å². The van der Waals surface area contributed by atoms with Crippen LogP contribution in [0.1, 0.15) is 22.6 Å². The first-order chi connectivity index (χ1) is 10.5. The second-order valence-electron chi connectivity index (χ2n) is 5.84. The van der Waals surface area contributed by atoms with Gasteiger partial charge in [-0.1, -0.05) is 0 Å². The Morgan fingerprint density at radius 2 is 1.41 bits per heavy atom. The zero-order valence-electron chi connectivity index (χ0n) is 13.7. The highest BCUT2D eigenvalue weighted by Crippen LogP contribution is 2.21. The Morgan fingerprint density at radius 3 is 2.05 bits per heavy atom. The fourth-order valence-electron chi connectivity index (χ4n) is 2.73. The minimum Gasteiger partial charge on any atom is -0.353 e. The molecule has 0 bridgehead atoms. The summed E-state index contributed by atoms with van der Waals surface area (Å²) in [5, 5.41) is 0. The van der Waals surface area contributed by atoms with Gasteiger partial charge in [-0.3, -0.25) is 0 Å². The Hall–Kier alpha value is -2.24. The fraction of sp³-hybridized carbons (Fsp3) is 0.500. The molecular formula is C16H22N6. The fourth-order valence-corrected chi connectivity index (χ4v) is 2.73. The molecule has 22 heavy (non-hydrogen) atoms. The van der Waals surface area contributed by atoms with E-state index in [9.17, 15) is 0 Å². The van der Waals surface area contributed by atoms with Gasteiger partial charge in [0.05, 0.1) is 0 Å². The molecule has 3 heterocycles. The van der Waals surface area contributed by atoms with Gasteiger partial charge in [-0.15, -0.1) is 0 Å². The molecule has 0 aromatic carbocycles. The van der Waals surface area contributed by atoms with Crippen LogP contribution in [-0.4, -0.2) is 46.1 Å². The summed E-state index contributed by atoms with van der Waals surface area (Å²) in [7, 11) is 0. The highest BCUT2D eigenvalue weighted by atomic mass is 15.3. The van der Waals surface area contributed by atoms with Crippen molar-refractivity contribution < 1.29 is 0 Å². The second kappa shape index (κ2) is 5.87. The molecule has 3 rings (SSSR count). The predicted octanol–water partition coefficient (Wildman–Crippen LogP) is 1.83. The van der Waals surface area contributed by atoms with E-state index in [-0.39, 0.29) is 0 Å². The summed E-state index contributed by atoms with van der Waals surface area (Å²) in [6.45, 7) is 11.8. The van der Waals surface area contributed by atoms with Gasteiger partial charge in [0.1, 0.15) is 11.6 Å². The van der Waals surface area contributed by atoms with Gasteiger partial charge in [0.15, 0.2) is 0 Å². The molecule has 0 radical (unpaired) electrons. The first kappa shape index (κ1) is 14.7. The highest BCUT2D eigenvalue weighted by Gasteiger charge is 2.22. The van der Waals surface area contributed by atoms with E-state index in [4.69, 9.17) is 0 Å². The third kappa shape index (κ3) is 2.86. The minimum absolute atomic E-state index is 0.817. The van der Waals surface area contributed by atoms with Crippen LogP contribution in [0, 0.1) is 27.7 Å². The van der Waals surface area contributed by atoms with Crippen LogP contribution in [0.3, 0.4) is 0 Å². The van der Waals surface area contributed by atoms with E-state index < -0.39 is 0 Å². The maximum absolute atomic E-state index is 4.63. The normalized spacial score (nSPS) is 15.3. The molecule has 116 valence electrons. The second-order valence-corrected chi connectivity index (χ2v) is 5.84. The van der Waals surface area contributed by atoms with Crippen LogP contribution in [0.2, 0.25) is 0 Å². The number of hydrogen-bond donors (Lipinski definition) is 0. The van der Waals surface area contributed by atoms with Crippen LogP contribution in [0.5, 0.6) is 0 Å². The summed E-state index contributed by atoms with van der Waals surface area (Å²) in [6.07, 6.45) is 3.74. The van der Waals surface area contributed by atoms with Crippen LogP contribution in [0.4, 0.5) is 11.8 Å². The van der Waals surface area contributed by atoms with E-state index in [1.54, 1.807) is 0 Å². The van der Waals surface area contributed by atoms with Gasteiger partial charge in [-0.05, 0) is 33.3 Å². The number of aromatic nitrogens is 4. The lowest BCUT2D eigenvalue weighted by molar-refractivity contribution is 0.630. The number of piperazine rings is 1. The summed E-state index contributed by atoms with van der Waals surface area (Å²) in [5.74, 6) is 2.72. The van der Waals surface area contributed by atoms with Gasteiger partial charge >= 0.3 is 0 Å². The van der Waals surface area contributed by atoms with E-state index in [2.05, 4.69) is 36.7 Å². The molecule has 2 aromatic rings. The molecule has 2 aromatic heterocycles. The number of rotatable bonds is 2. The Kier molecular flexibility index (Phi) is 3.92. The van der Waals surface area contributed by atoms with Crippen molar-refractivity contribution in [3.8, 4) is 0 Å². The van der Waals surface area contributed by atoms with E-state index in [1.807, 2.05) is 33.2 Å². The first-order valence-electron chi connectivity index (χ1n) is 7.65. The van der Waals surface area contributed by atoms with E-state index in [0.29, 0.717) is 0 Å². The Balaban J connectivity index is 1.73. The molecular weight excluding hydrogens is 276 g/mol. The van der Waals surface area contributed by atoms with Gasteiger partial charge in [-0.25, -0.2) is 19.9 Å². The molecule has 0 amide bonds. The van der Waals surface area contributed by atoms with Gasteiger partial charge < -0.3 is 9.80 Å².